The van der Waals surface area contributed by atoms with Crippen LogP contribution in [0.3, 0.4) is 0 Å². The summed E-state index contributed by atoms with van der Waals surface area (Å²) >= 11 is 2.76. The fourth-order valence-electron chi connectivity index (χ4n) is 1.17. The average Bonchev–Trinajstić information content (AvgIpc) is 1.65. The van der Waals surface area contributed by atoms with Gasteiger partial charge in [-0.15, -0.1) is 0 Å². The van der Waals surface area contributed by atoms with Gasteiger partial charge in [-0.25, -0.2) is 0 Å². The van der Waals surface area contributed by atoms with Crippen molar-refractivity contribution < 1.29 is 0 Å². The molecule has 0 spiro atoms. The van der Waals surface area contributed by atoms with Gasteiger partial charge >= 0.3 is 65.7 Å². The van der Waals surface area contributed by atoms with Crippen molar-refractivity contribution in [2.75, 3.05) is 0 Å². The third-order valence-electron chi connectivity index (χ3n) is 1.75. The monoisotopic (exact) mass is 287 g/mol. The van der Waals surface area contributed by atoms with Crippen molar-refractivity contribution in [1.82, 2.24) is 0 Å². The van der Waals surface area contributed by atoms with E-state index in [-0.39, 0.29) is 0 Å². The van der Waals surface area contributed by atoms with Gasteiger partial charge in [0.25, 0.3) is 0 Å². The summed E-state index contributed by atoms with van der Waals surface area (Å²) in [7, 11) is -0.922. The first-order valence-electron chi connectivity index (χ1n) is 3.25. The minimum atomic E-state index is -0.922. The Balaban J connectivity index is 2.33. The maximum atomic E-state index is 2.76. The molecule has 0 radical (unpaired) electrons. The normalized spacial score (nSPS) is 27.8. The third-order valence-corrected chi connectivity index (χ3v) is 12.0. The summed E-state index contributed by atoms with van der Waals surface area (Å²) in [5, 5.41) is 3.22. The molecular weight excluding hydrogens is 274 g/mol. The molecular formula is C6H13AsI+. The molecule has 0 atom stereocenters. The zero-order valence-corrected chi connectivity index (χ0v) is 9.39. The van der Waals surface area contributed by atoms with Crippen LogP contribution >= 0.6 is 20.1 Å². The Morgan fingerprint density at radius 1 is 1.12 bits per heavy atom. The predicted octanol–water partition coefficient (Wildman–Crippen LogP) is 3.18. The van der Waals surface area contributed by atoms with Crippen LogP contribution in [-0.2, 0) is 0 Å². The quantitative estimate of drug-likeness (QED) is 0.474. The first-order valence-corrected chi connectivity index (χ1v) is 13.5. The number of hydrogen-bond acceptors (Lipinski definition) is 0. The topological polar surface area (TPSA) is 0 Å². The standard InChI is InChI=1S/C6H13AsI/c1-7(8)5-3-2-4-6-7/h2-6H2,1H3/q+1. The SMILES string of the molecule is C[As+]1(I)CCCCC1. The Bertz CT molecular complexity index is 72.6. The van der Waals surface area contributed by atoms with Gasteiger partial charge in [0, 0.05) is 0 Å². The van der Waals surface area contributed by atoms with Gasteiger partial charge in [0.15, 0.2) is 0 Å². The van der Waals surface area contributed by atoms with E-state index in [4.69, 9.17) is 0 Å². The Hall–Kier alpha value is 1.29. The molecule has 0 aromatic heterocycles. The van der Waals surface area contributed by atoms with Gasteiger partial charge < -0.3 is 0 Å². The van der Waals surface area contributed by atoms with Crippen molar-refractivity contribution in [2.45, 2.75) is 35.4 Å². The van der Waals surface area contributed by atoms with E-state index in [2.05, 4.69) is 25.8 Å². The molecule has 0 aromatic carbocycles. The molecule has 0 aliphatic carbocycles. The first kappa shape index (κ1) is 7.40. The van der Waals surface area contributed by atoms with Crippen LogP contribution in [0.2, 0.25) is 16.1 Å². The Labute approximate surface area is 65.4 Å². The summed E-state index contributed by atoms with van der Waals surface area (Å²) in [6.07, 6.45) is 4.58. The zero-order chi connectivity index (χ0) is 6.04. The van der Waals surface area contributed by atoms with Crippen molar-refractivity contribution >= 4 is 30.3 Å². The van der Waals surface area contributed by atoms with Crippen molar-refractivity contribution in [3.63, 3.8) is 0 Å². The molecule has 1 heterocycles. The second-order valence-corrected chi connectivity index (χ2v) is 22.1. The summed E-state index contributed by atoms with van der Waals surface area (Å²) in [4.78, 5) is 0. The Morgan fingerprint density at radius 2 is 1.62 bits per heavy atom. The molecule has 0 bridgehead atoms. The minimum absolute atomic E-state index is 0.922. The molecule has 1 fully saturated rings. The second-order valence-electron chi connectivity index (χ2n) is 2.77. The molecule has 1 aliphatic heterocycles. The van der Waals surface area contributed by atoms with Crippen LogP contribution in [-0.4, -0.2) is 10.2 Å². The van der Waals surface area contributed by atoms with Crippen LogP contribution in [0.15, 0.2) is 0 Å². The average molecular weight is 287 g/mol. The molecule has 0 aromatic rings. The van der Waals surface area contributed by atoms with Crippen LogP contribution < -0.4 is 0 Å². The molecule has 0 amide bonds. The summed E-state index contributed by atoms with van der Waals surface area (Å²) in [6, 6.07) is 0. The molecule has 0 saturated carbocycles. The van der Waals surface area contributed by atoms with E-state index < -0.39 is 10.2 Å². The van der Waals surface area contributed by atoms with Crippen LogP contribution in [0.5, 0.6) is 0 Å². The summed E-state index contributed by atoms with van der Waals surface area (Å²) in [5.41, 5.74) is 2.54. The molecule has 48 valence electrons. The van der Waals surface area contributed by atoms with Gasteiger partial charge in [0.1, 0.15) is 0 Å². The molecule has 1 aliphatic rings. The first-order chi connectivity index (χ1) is 3.71. The van der Waals surface area contributed by atoms with E-state index >= 15 is 0 Å². The van der Waals surface area contributed by atoms with Gasteiger partial charge in [-0.1, -0.05) is 0 Å². The van der Waals surface area contributed by atoms with Crippen molar-refractivity contribution in [3.05, 3.63) is 0 Å². The van der Waals surface area contributed by atoms with Gasteiger partial charge in [-0.05, 0) is 0 Å². The fraction of sp³-hybridized carbons (Fsp3) is 1.00. The number of halogens is 1. The van der Waals surface area contributed by atoms with E-state index in [1.54, 1.807) is 10.4 Å². The van der Waals surface area contributed by atoms with Gasteiger partial charge in [0.2, 0.25) is 0 Å². The molecule has 0 N–H and O–H groups in total. The third kappa shape index (κ3) is 2.26. The summed E-state index contributed by atoms with van der Waals surface area (Å²) in [5.74, 6) is 0. The molecule has 1 rings (SSSR count). The van der Waals surface area contributed by atoms with E-state index in [9.17, 15) is 0 Å². The van der Waals surface area contributed by atoms with E-state index in [0.29, 0.717) is 0 Å². The molecule has 8 heavy (non-hydrogen) atoms. The van der Waals surface area contributed by atoms with E-state index in [1.807, 2.05) is 0 Å². The number of hydrogen-bond donors (Lipinski definition) is 0. The Kier molecular flexibility index (Phi) is 2.70. The van der Waals surface area contributed by atoms with Crippen LogP contribution in [0.4, 0.5) is 0 Å². The van der Waals surface area contributed by atoms with Crippen LogP contribution in [0.25, 0.3) is 0 Å². The van der Waals surface area contributed by atoms with Gasteiger partial charge in [0.05, 0.1) is 0 Å². The van der Waals surface area contributed by atoms with E-state index in [1.165, 1.54) is 19.3 Å². The van der Waals surface area contributed by atoms with Crippen molar-refractivity contribution in [2.24, 2.45) is 0 Å². The van der Waals surface area contributed by atoms with Gasteiger partial charge in [-0.2, -0.15) is 0 Å². The number of rotatable bonds is 0. The second kappa shape index (κ2) is 2.92. The molecule has 0 nitrogen and oxygen atoms in total. The zero-order valence-electron chi connectivity index (χ0n) is 5.36. The molecule has 0 unspecified atom stereocenters. The van der Waals surface area contributed by atoms with Crippen LogP contribution in [0.1, 0.15) is 19.3 Å². The predicted molar refractivity (Wildman–Crippen MR) is 49.1 cm³/mol. The summed E-state index contributed by atoms with van der Waals surface area (Å²) in [6.45, 7) is 0. The molecule has 2 heteroatoms. The fourth-order valence-corrected chi connectivity index (χ4v) is 8.89. The van der Waals surface area contributed by atoms with Crippen molar-refractivity contribution in [3.8, 4) is 0 Å². The van der Waals surface area contributed by atoms with Crippen LogP contribution in [0, 0.1) is 0 Å². The van der Waals surface area contributed by atoms with Crippen molar-refractivity contribution in [1.29, 1.82) is 0 Å². The maximum absolute atomic E-state index is 2.76. The molecule has 1 saturated heterocycles. The van der Waals surface area contributed by atoms with Gasteiger partial charge in [-0.3, -0.25) is 0 Å². The summed E-state index contributed by atoms with van der Waals surface area (Å²) < 4.78 is 0. The van der Waals surface area contributed by atoms with E-state index in [0.717, 1.165) is 0 Å². The Morgan fingerprint density at radius 3 is 1.88 bits per heavy atom.